The molecule has 42 heavy (non-hydrogen) atoms. The van der Waals surface area contributed by atoms with Crippen molar-refractivity contribution < 1.29 is 28.8 Å². The lowest BCUT2D eigenvalue weighted by molar-refractivity contribution is -0.385. The number of hydrogen-bond donors (Lipinski definition) is 1. The number of amides is 3. The van der Waals surface area contributed by atoms with Crippen molar-refractivity contribution in [1.82, 2.24) is 4.90 Å². The average Bonchev–Trinajstić information content (AvgIpc) is 3.24. The standard InChI is InChI=1S/C29H20Cl3N3O7/c30-15-10-9-14(20(11-15)35(40)41)13-42-27(39)21(12-22(33)36)34-25(37)23-24(26(34)38)29(32)17-6-2-1-5-16(17)28(23,31)18-7-3-4-8-19(18)29/h1-11,21,23-24H,12-13H2,(H2,33,36)/t21-,23-,24-,28?,29?/m1/s1. The molecule has 0 saturated carbocycles. The number of alkyl halides is 2. The number of rotatable bonds is 7. The second kappa shape index (κ2) is 9.79. The highest BCUT2D eigenvalue weighted by molar-refractivity contribution is 6.36. The first-order chi connectivity index (χ1) is 19.9. The molecule has 1 heterocycles. The van der Waals surface area contributed by atoms with E-state index in [0.717, 1.165) is 6.07 Å². The van der Waals surface area contributed by atoms with Crippen molar-refractivity contribution in [2.45, 2.75) is 28.8 Å². The number of benzene rings is 3. The molecule has 13 heteroatoms. The van der Waals surface area contributed by atoms with Crippen LogP contribution < -0.4 is 5.73 Å². The SMILES string of the molecule is NC(=O)C[C@H](C(=O)OCc1ccc(Cl)cc1[N+](=O)[O-])N1C(=O)[C@H]2[C@H](C1=O)C1(Cl)c3ccccc3C2(Cl)c2ccccc21. The Bertz CT molecular complexity index is 1610. The third-order valence-electron chi connectivity index (χ3n) is 8.21. The van der Waals surface area contributed by atoms with Crippen LogP contribution >= 0.6 is 34.8 Å². The van der Waals surface area contributed by atoms with Crippen molar-refractivity contribution in [1.29, 1.82) is 0 Å². The van der Waals surface area contributed by atoms with Gasteiger partial charge in [-0.2, -0.15) is 0 Å². The van der Waals surface area contributed by atoms with E-state index in [0.29, 0.717) is 27.2 Å². The summed E-state index contributed by atoms with van der Waals surface area (Å²) in [4.78, 5) is 62.3. The fourth-order valence-electron chi connectivity index (χ4n) is 6.54. The quantitative estimate of drug-likeness (QED) is 0.136. The van der Waals surface area contributed by atoms with Gasteiger partial charge in [0.2, 0.25) is 17.7 Å². The molecular formula is C29H20Cl3N3O7. The lowest BCUT2D eigenvalue weighted by Crippen LogP contribution is -2.57. The van der Waals surface area contributed by atoms with Crippen LogP contribution in [0.2, 0.25) is 5.02 Å². The molecular weight excluding hydrogens is 609 g/mol. The third kappa shape index (κ3) is 3.78. The summed E-state index contributed by atoms with van der Waals surface area (Å²) in [5.41, 5.74) is 7.29. The number of nitro groups is 1. The molecule has 2 bridgehead atoms. The van der Waals surface area contributed by atoms with Crippen LogP contribution in [0.5, 0.6) is 0 Å². The number of nitrogens with zero attached hydrogens (tertiary/aromatic N) is 2. The van der Waals surface area contributed by atoms with Gasteiger partial charge in [0.25, 0.3) is 5.69 Å². The van der Waals surface area contributed by atoms with Gasteiger partial charge in [0.1, 0.15) is 22.4 Å². The minimum absolute atomic E-state index is 0.00619. The molecule has 3 aromatic rings. The van der Waals surface area contributed by atoms with Gasteiger partial charge in [0.05, 0.1) is 28.7 Å². The number of imide groups is 1. The Labute approximate surface area is 253 Å². The van der Waals surface area contributed by atoms with Gasteiger partial charge in [-0.15, -0.1) is 23.2 Å². The van der Waals surface area contributed by atoms with Crippen LogP contribution in [-0.2, 0) is 40.3 Å². The van der Waals surface area contributed by atoms with E-state index < -0.39 is 75.0 Å². The van der Waals surface area contributed by atoms with Crippen LogP contribution in [0.4, 0.5) is 5.69 Å². The molecule has 1 saturated heterocycles. The fourth-order valence-corrected chi connectivity index (χ4v) is 7.80. The second-order valence-electron chi connectivity index (χ2n) is 10.3. The van der Waals surface area contributed by atoms with Gasteiger partial charge in [-0.1, -0.05) is 60.1 Å². The Morgan fingerprint density at radius 1 is 0.929 bits per heavy atom. The molecule has 7 rings (SSSR count). The highest BCUT2D eigenvalue weighted by Crippen LogP contribution is 2.69. The minimum Gasteiger partial charge on any atom is -0.459 e. The zero-order valence-electron chi connectivity index (χ0n) is 21.5. The van der Waals surface area contributed by atoms with Crippen molar-refractivity contribution in [3.05, 3.63) is 110 Å². The molecule has 3 amide bonds. The normalized spacial score (nSPS) is 25.8. The monoisotopic (exact) mass is 627 g/mol. The van der Waals surface area contributed by atoms with E-state index in [2.05, 4.69) is 0 Å². The molecule has 214 valence electrons. The average molecular weight is 629 g/mol. The molecule has 0 radical (unpaired) electrons. The largest absolute Gasteiger partial charge is 0.459 e. The number of nitro benzene ring substituents is 1. The van der Waals surface area contributed by atoms with Crippen LogP contribution in [-0.4, -0.2) is 39.6 Å². The number of ether oxygens (including phenoxy) is 1. The van der Waals surface area contributed by atoms with E-state index in [-0.39, 0.29) is 10.6 Å². The van der Waals surface area contributed by atoms with Gasteiger partial charge in [-0.05, 0) is 34.4 Å². The molecule has 3 atom stereocenters. The molecule has 3 aliphatic carbocycles. The zero-order chi connectivity index (χ0) is 30.1. The molecule has 1 aliphatic heterocycles. The van der Waals surface area contributed by atoms with E-state index in [4.69, 9.17) is 45.3 Å². The number of primary amides is 1. The number of likely N-dealkylation sites (tertiary alicyclic amines) is 1. The number of halogens is 3. The van der Waals surface area contributed by atoms with Crippen LogP contribution in [0, 0.1) is 22.0 Å². The first-order valence-electron chi connectivity index (χ1n) is 12.7. The minimum atomic E-state index is -1.76. The number of hydrogen-bond acceptors (Lipinski definition) is 7. The van der Waals surface area contributed by atoms with Gasteiger partial charge in [-0.3, -0.25) is 29.4 Å². The Hall–Kier alpha value is -3.99. The van der Waals surface area contributed by atoms with Crippen molar-refractivity contribution in [2.75, 3.05) is 0 Å². The molecule has 0 aromatic heterocycles. The molecule has 0 unspecified atom stereocenters. The molecule has 1 fully saturated rings. The maximum Gasteiger partial charge on any atom is 0.330 e. The van der Waals surface area contributed by atoms with Gasteiger partial charge in [0, 0.05) is 11.1 Å². The highest BCUT2D eigenvalue weighted by atomic mass is 35.5. The summed E-state index contributed by atoms with van der Waals surface area (Å²) in [6.07, 6.45) is -0.747. The first kappa shape index (κ1) is 28.1. The van der Waals surface area contributed by atoms with Crippen molar-refractivity contribution >= 4 is 64.2 Å². The Kier molecular flexibility index (Phi) is 6.56. The Morgan fingerprint density at radius 2 is 1.40 bits per heavy atom. The zero-order valence-corrected chi connectivity index (χ0v) is 23.7. The fraction of sp³-hybridized carbons (Fsp3) is 0.241. The Balaban J connectivity index is 1.41. The van der Waals surface area contributed by atoms with Crippen LogP contribution in [0.15, 0.2) is 66.7 Å². The lowest BCUT2D eigenvalue weighted by atomic mass is 9.54. The van der Waals surface area contributed by atoms with E-state index >= 15 is 0 Å². The molecule has 3 aromatic carbocycles. The molecule has 4 aliphatic rings. The second-order valence-corrected chi connectivity index (χ2v) is 12.0. The summed E-state index contributed by atoms with van der Waals surface area (Å²) in [7, 11) is 0. The highest BCUT2D eigenvalue weighted by Gasteiger charge is 2.73. The van der Waals surface area contributed by atoms with Gasteiger partial charge >= 0.3 is 5.97 Å². The lowest BCUT2D eigenvalue weighted by Gasteiger charge is -2.54. The predicted octanol–water partition coefficient (Wildman–Crippen LogP) is 4.13. The van der Waals surface area contributed by atoms with Gasteiger partial charge < -0.3 is 10.5 Å². The first-order valence-corrected chi connectivity index (χ1v) is 13.9. The number of esters is 1. The summed E-state index contributed by atoms with van der Waals surface area (Å²) in [5, 5.41) is 11.6. The summed E-state index contributed by atoms with van der Waals surface area (Å²) in [6.45, 7) is -0.597. The van der Waals surface area contributed by atoms with Crippen LogP contribution in [0.1, 0.15) is 34.2 Å². The Morgan fingerprint density at radius 3 is 1.83 bits per heavy atom. The van der Waals surface area contributed by atoms with E-state index in [1.54, 1.807) is 48.5 Å². The van der Waals surface area contributed by atoms with Gasteiger partial charge in [-0.25, -0.2) is 4.79 Å². The van der Waals surface area contributed by atoms with Crippen molar-refractivity contribution in [3.63, 3.8) is 0 Å². The van der Waals surface area contributed by atoms with E-state index in [1.165, 1.54) is 12.1 Å². The maximum atomic E-state index is 14.2. The van der Waals surface area contributed by atoms with Crippen molar-refractivity contribution in [2.24, 2.45) is 17.6 Å². The third-order valence-corrected chi connectivity index (χ3v) is 9.73. The topological polar surface area (TPSA) is 150 Å². The number of nitrogens with two attached hydrogens (primary N) is 1. The van der Waals surface area contributed by atoms with E-state index in [1.807, 2.05) is 0 Å². The summed E-state index contributed by atoms with van der Waals surface area (Å²) >= 11 is 20.7. The number of carbonyl (C=O) groups excluding carboxylic acids is 4. The molecule has 0 spiro atoms. The van der Waals surface area contributed by atoms with Crippen LogP contribution in [0.3, 0.4) is 0 Å². The summed E-state index contributed by atoms with van der Waals surface area (Å²) in [6, 6.07) is 16.0. The van der Waals surface area contributed by atoms with Gasteiger partial charge in [0.15, 0.2) is 0 Å². The maximum absolute atomic E-state index is 14.2. The van der Waals surface area contributed by atoms with E-state index in [9.17, 15) is 29.3 Å². The molecule has 2 N–H and O–H groups in total. The summed E-state index contributed by atoms with van der Waals surface area (Å²) < 4.78 is 5.32. The molecule has 10 nitrogen and oxygen atoms in total. The smallest absolute Gasteiger partial charge is 0.330 e. The number of carbonyl (C=O) groups is 4. The van der Waals surface area contributed by atoms with Crippen molar-refractivity contribution in [3.8, 4) is 0 Å². The van der Waals surface area contributed by atoms with Crippen LogP contribution in [0.25, 0.3) is 0 Å². The predicted molar refractivity (Wildman–Crippen MR) is 150 cm³/mol. The summed E-state index contributed by atoms with van der Waals surface area (Å²) in [5.74, 6) is -6.19.